The van der Waals surface area contributed by atoms with E-state index in [0.29, 0.717) is 0 Å². The molecule has 3 heteroatoms. The zero-order valence-electron chi connectivity index (χ0n) is 10.7. The van der Waals surface area contributed by atoms with Gasteiger partial charge in [-0.3, -0.25) is 0 Å². The molecule has 2 aromatic rings. The molecular weight excluding hydrogens is 256 g/mol. The molecule has 0 aliphatic carbocycles. The van der Waals surface area contributed by atoms with Gasteiger partial charge in [-0.25, -0.2) is 8.42 Å². The average Bonchev–Trinajstić information content (AvgIpc) is 2.40. The second-order valence-corrected chi connectivity index (χ2v) is 6.60. The van der Waals surface area contributed by atoms with Crippen molar-refractivity contribution in [3.63, 3.8) is 0 Å². The van der Waals surface area contributed by atoms with E-state index in [-0.39, 0.29) is 0 Å². The van der Waals surface area contributed by atoms with E-state index in [0.717, 1.165) is 11.1 Å². The van der Waals surface area contributed by atoms with Crippen LogP contribution in [0.2, 0.25) is 0 Å². The van der Waals surface area contributed by atoms with Crippen LogP contribution < -0.4 is 0 Å². The van der Waals surface area contributed by atoms with Gasteiger partial charge in [0.1, 0.15) is 5.25 Å². The first-order valence-electron chi connectivity index (χ1n) is 6.04. The molecular formula is C16H16O2S. The van der Waals surface area contributed by atoms with Crippen LogP contribution >= 0.6 is 0 Å². The highest BCUT2D eigenvalue weighted by Gasteiger charge is 2.19. The van der Waals surface area contributed by atoms with Crippen LogP contribution in [-0.2, 0) is 9.84 Å². The molecule has 19 heavy (non-hydrogen) atoms. The van der Waals surface area contributed by atoms with Crippen LogP contribution in [0.15, 0.2) is 66.7 Å². The maximum atomic E-state index is 11.9. The summed E-state index contributed by atoms with van der Waals surface area (Å²) >= 11 is 0. The average molecular weight is 272 g/mol. The first-order valence-corrected chi connectivity index (χ1v) is 8.00. The molecule has 1 atom stereocenters. The van der Waals surface area contributed by atoms with Gasteiger partial charge in [-0.15, -0.1) is 0 Å². The molecule has 2 rings (SSSR count). The van der Waals surface area contributed by atoms with Gasteiger partial charge in [-0.2, -0.15) is 0 Å². The van der Waals surface area contributed by atoms with Crippen molar-refractivity contribution in [3.8, 4) is 0 Å². The fourth-order valence-electron chi connectivity index (χ4n) is 1.91. The summed E-state index contributed by atoms with van der Waals surface area (Å²) in [5.74, 6) is 0. The van der Waals surface area contributed by atoms with Crippen LogP contribution in [0, 0.1) is 0 Å². The summed E-state index contributed by atoms with van der Waals surface area (Å²) in [4.78, 5) is 0. The van der Waals surface area contributed by atoms with Gasteiger partial charge in [0.15, 0.2) is 9.84 Å². The molecule has 0 radical (unpaired) electrons. The van der Waals surface area contributed by atoms with Gasteiger partial charge >= 0.3 is 0 Å². The van der Waals surface area contributed by atoms with Gasteiger partial charge in [0.25, 0.3) is 0 Å². The molecule has 2 nitrogen and oxygen atoms in total. The molecule has 0 aliphatic rings. The lowest BCUT2D eigenvalue weighted by Crippen LogP contribution is -2.08. The summed E-state index contributed by atoms with van der Waals surface area (Å²) in [5, 5.41) is -0.603. The maximum absolute atomic E-state index is 11.9. The van der Waals surface area contributed by atoms with Crippen LogP contribution in [0.3, 0.4) is 0 Å². The molecule has 0 aromatic heterocycles. The zero-order chi connectivity index (χ0) is 13.7. The number of sulfone groups is 1. The Morgan fingerprint density at radius 3 is 1.95 bits per heavy atom. The fraction of sp³-hybridized carbons (Fsp3) is 0.125. The monoisotopic (exact) mass is 272 g/mol. The Hall–Kier alpha value is -1.87. The molecule has 0 saturated heterocycles. The lowest BCUT2D eigenvalue weighted by atomic mass is 10.1. The van der Waals surface area contributed by atoms with Crippen LogP contribution in [0.4, 0.5) is 0 Å². The molecule has 0 spiro atoms. The van der Waals surface area contributed by atoms with Crippen molar-refractivity contribution in [2.24, 2.45) is 0 Å². The van der Waals surface area contributed by atoms with Crippen LogP contribution in [-0.4, -0.2) is 14.7 Å². The summed E-state index contributed by atoms with van der Waals surface area (Å²) in [7, 11) is -3.17. The van der Waals surface area contributed by atoms with Gasteiger partial charge < -0.3 is 0 Å². The standard InChI is InChI=1S/C16H16O2S/c1-19(17,18)16(15-10-6-3-7-11-15)13-12-14-8-4-2-5-9-14/h2-13,16H,1H3. The highest BCUT2D eigenvalue weighted by molar-refractivity contribution is 7.91. The Balaban J connectivity index is 2.34. The Morgan fingerprint density at radius 1 is 0.895 bits per heavy atom. The fourth-order valence-corrected chi connectivity index (χ4v) is 2.92. The Morgan fingerprint density at radius 2 is 1.42 bits per heavy atom. The Labute approximate surface area is 114 Å². The van der Waals surface area contributed by atoms with Crippen molar-refractivity contribution >= 4 is 15.9 Å². The van der Waals surface area contributed by atoms with Crippen molar-refractivity contribution in [3.05, 3.63) is 77.9 Å². The van der Waals surface area contributed by atoms with E-state index in [9.17, 15) is 8.42 Å². The van der Waals surface area contributed by atoms with Crippen LogP contribution in [0.1, 0.15) is 16.4 Å². The molecule has 0 bridgehead atoms. The molecule has 0 aliphatic heterocycles. The third-order valence-electron chi connectivity index (χ3n) is 2.85. The van der Waals surface area contributed by atoms with Crippen molar-refractivity contribution in [2.75, 3.05) is 6.26 Å². The largest absolute Gasteiger partial charge is 0.228 e. The summed E-state index contributed by atoms with van der Waals surface area (Å²) in [5.41, 5.74) is 1.78. The maximum Gasteiger partial charge on any atom is 0.158 e. The predicted octanol–water partition coefficient (Wildman–Crippen LogP) is 3.49. The van der Waals surface area contributed by atoms with E-state index >= 15 is 0 Å². The Kier molecular flexibility index (Phi) is 4.17. The summed E-state index contributed by atoms with van der Waals surface area (Å²) in [6.45, 7) is 0. The van der Waals surface area contributed by atoms with E-state index in [1.165, 1.54) is 6.26 Å². The number of rotatable bonds is 4. The topological polar surface area (TPSA) is 34.1 Å². The number of benzene rings is 2. The SMILES string of the molecule is CS(=O)(=O)C(C=Cc1ccccc1)c1ccccc1. The van der Waals surface area contributed by atoms with Crippen molar-refractivity contribution < 1.29 is 8.42 Å². The van der Waals surface area contributed by atoms with Gasteiger partial charge in [-0.05, 0) is 11.1 Å². The third-order valence-corrected chi connectivity index (χ3v) is 4.20. The van der Waals surface area contributed by atoms with Crippen LogP contribution in [0.5, 0.6) is 0 Å². The quantitative estimate of drug-likeness (QED) is 0.854. The van der Waals surface area contributed by atoms with Crippen molar-refractivity contribution in [1.82, 2.24) is 0 Å². The summed E-state index contributed by atoms with van der Waals surface area (Å²) < 4.78 is 23.8. The van der Waals surface area contributed by atoms with E-state index in [1.807, 2.05) is 66.7 Å². The minimum Gasteiger partial charge on any atom is -0.228 e. The lowest BCUT2D eigenvalue weighted by molar-refractivity contribution is 0.596. The molecule has 0 fully saturated rings. The second kappa shape index (κ2) is 5.85. The molecule has 2 aromatic carbocycles. The number of hydrogen-bond donors (Lipinski definition) is 0. The minimum atomic E-state index is -3.17. The molecule has 0 N–H and O–H groups in total. The molecule has 0 heterocycles. The molecule has 98 valence electrons. The van der Waals surface area contributed by atoms with E-state index in [2.05, 4.69) is 0 Å². The summed E-state index contributed by atoms with van der Waals surface area (Å²) in [6.07, 6.45) is 4.85. The van der Waals surface area contributed by atoms with Crippen molar-refractivity contribution in [2.45, 2.75) is 5.25 Å². The molecule has 0 saturated carbocycles. The normalized spacial score (nSPS) is 13.5. The molecule has 0 amide bonds. The zero-order valence-corrected chi connectivity index (χ0v) is 11.5. The Bertz CT molecular complexity index is 644. The van der Waals surface area contributed by atoms with Crippen molar-refractivity contribution in [1.29, 1.82) is 0 Å². The third kappa shape index (κ3) is 3.80. The first kappa shape index (κ1) is 13.6. The highest BCUT2D eigenvalue weighted by atomic mass is 32.2. The smallest absolute Gasteiger partial charge is 0.158 e. The first-order chi connectivity index (χ1) is 9.07. The minimum absolute atomic E-state index is 0.603. The van der Waals surface area contributed by atoms with E-state index in [4.69, 9.17) is 0 Å². The summed E-state index contributed by atoms with van der Waals surface area (Å²) in [6, 6.07) is 18.9. The highest BCUT2D eigenvalue weighted by Crippen LogP contribution is 2.23. The second-order valence-electron chi connectivity index (χ2n) is 4.43. The predicted molar refractivity (Wildman–Crippen MR) is 79.5 cm³/mol. The van der Waals surface area contributed by atoms with Gasteiger partial charge in [0.05, 0.1) is 0 Å². The van der Waals surface area contributed by atoms with Gasteiger partial charge in [-0.1, -0.05) is 72.8 Å². The van der Waals surface area contributed by atoms with Gasteiger partial charge in [0, 0.05) is 6.26 Å². The number of hydrogen-bond acceptors (Lipinski definition) is 2. The molecule has 1 unspecified atom stereocenters. The lowest BCUT2D eigenvalue weighted by Gasteiger charge is -2.11. The van der Waals surface area contributed by atoms with E-state index < -0.39 is 15.1 Å². The van der Waals surface area contributed by atoms with E-state index in [1.54, 1.807) is 6.08 Å². The van der Waals surface area contributed by atoms with Crippen LogP contribution in [0.25, 0.3) is 6.08 Å². The van der Waals surface area contributed by atoms with Gasteiger partial charge in [0.2, 0.25) is 0 Å².